The molecule has 2 aromatic heterocycles. The first-order valence-corrected chi connectivity index (χ1v) is 9.70. The summed E-state index contributed by atoms with van der Waals surface area (Å²) < 4.78 is 5.90. The van der Waals surface area contributed by atoms with Gasteiger partial charge in [0.1, 0.15) is 17.9 Å². The number of carbonyl (C=O) groups is 1. The van der Waals surface area contributed by atoms with E-state index in [0.717, 1.165) is 30.9 Å². The van der Waals surface area contributed by atoms with E-state index in [1.807, 2.05) is 49.4 Å². The SMILES string of the molecule is Cc1cc(N2CCCC(C(=O)Nc3ccccc3Oc3cccnc3)C2)ncn1. The first kappa shape index (κ1) is 18.9. The summed E-state index contributed by atoms with van der Waals surface area (Å²) in [6.45, 7) is 3.47. The summed E-state index contributed by atoms with van der Waals surface area (Å²) in [6, 6.07) is 13.0. The molecule has 0 spiro atoms. The van der Waals surface area contributed by atoms with Crippen LogP contribution in [0.3, 0.4) is 0 Å². The van der Waals surface area contributed by atoms with Gasteiger partial charge < -0.3 is 15.0 Å². The summed E-state index contributed by atoms with van der Waals surface area (Å²) in [7, 11) is 0. The molecule has 1 N–H and O–H groups in total. The Balaban J connectivity index is 1.45. The van der Waals surface area contributed by atoms with Crippen LogP contribution in [0, 0.1) is 12.8 Å². The van der Waals surface area contributed by atoms with Gasteiger partial charge in [-0.2, -0.15) is 0 Å². The van der Waals surface area contributed by atoms with Gasteiger partial charge in [0, 0.05) is 31.0 Å². The fourth-order valence-electron chi connectivity index (χ4n) is 3.44. The molecule has 1 aliphatic heterocycles. The standard InChI is InChI=1S/C22H23N5O2/c1-16-12-21(25-15-24-16)27-11-5-6-17(14-27)22(28)26-19-8-2-3-9-20(19)29-18-7-4-10-23-13-18/h2-4,7-10,12-13,15,17H,5-6,11,14H2,1H3,(H,26,28). The predicted molar refractivity (Wildman–Crippen MR) is 111 cm³/mol. The van der Waals surface area contributed by atoms with Gasteiger partial charge in [-0.05, 0) is 44.0 Å². The van der Waals surface area contributed by atoms with Crippen LogP contribution in [0.5, 0.6) is 11.5 Å². The van der Waals surface area contributed by atoms with Gasteiger partial charge >= 0.3 is 0 Å². The highest BCUT2D eigenvalue weighted by Gasteiger charge is 2.27. The minimum absolute atomic E-state index is 0.0114. The van der Waals surface area contributed by atoms with Crippen molar-refractivity contribution in [1.82, 2.24) is 15.0 Å². The predicted octanol–water partition coefficient (Wildman–Crippen LogP) is 3.83. The van der Waals surface area contributed by atoms with E-state index in [-0.39, 0.29) is 11.8 Å². The summed E-state index contributed by atoms with van der Waals surface area (Å²) in [4.78, 5) is 27.7. The van der Waals surface area contributed by atoms with E-state index in [1.54, 1.807) is 18.7 Å². The van der Waals surface area contributed by atoms with Gasteiger partial charge in [-0.25, -0.2) is 9.97 Å². The van der Waals surface area contributed by atoms with Crippen molar-refractivity contribution in [3.05, 3.63) is 66.9 Å². The Morgan fingerprint density at radius 3 is 2.93 bits per heavy atom. The van der Waals surface area contributed by atoms with E-state index in [0.29, 0.717) is 23.7 Å². The van der Waals surface area contributed by atoms with Crippen LogP contribution >= 0.6 is 0 Å². The normalized spacial score (nSPS) is 16.3. The Kier molecular flexibility index (Phi) is 5.65. The molecule has 7 nitrogen and oxygen atoms in total. The second-order valence-corrected chi connectivity index (χ2v) is 7.08. The van der Waals surface area contributed by atoms with Crippen LogP contribution in [0.1, 0.15) is 18.5 Å². The molecule has 148 valence electrons. The highest BCUT2D eigenvalue weighted by molar-refractivity contribution is 5.94. The third-order valence-corrected chi connectivity index (χ3v) is 4.91. The molecule has 0 bridgehead atoms. The largest absolute Gasteiger partial charge is 0.454 e. The number of pyridine rings is 1. The molecule has 1 amide bonds. The monoisotopic (exact) mass is 389 g/mol. The molecule has 4 rings (SSSR count). The summed E-state index contributed by atoms with van der Waals surface area (Å²) >= 11 is 0. The fraction of sp³-hybridized carbons (Fsp3) is 0.273. The lowest BCUT2D eigenvalue weighted by atomic mass is 9.97. The van der Waals surface area contributed by atoms with Crippen molar-refractivity contribution in [3.63, 3.8) is 0 Å². The van der Waals surface area contributed by atoms with Crippen LogP contribution in [0.15, 0.2) is 61.2 Å². The summed E-state index contributed by atoms with van der Waals surface area (Å²) in [5.74, 6) is 1.95. The molecule has 1 unspecified atom stereocenters. The number of benzene rings is 1. The highest BCUT2D eigenvalue weighted by atomic mass is 16.5. The number of nitrogens with one attached hydrogen (secondary N) is 1. The first-order chi connectivity index (χ1) is 14.2. The average molecular weight is 389 g/mol. The van der Waals surface area contributed by atoms with Crippen molar-refractivity contribution in [2.75, 3.05) is 23.3 Å². The van der Waals surface area contributed by atoms with Crippen molar-refractivity contribution in [2.45, 2.75) is 19.8 Å². The molecule has 0 aliphatic carbocycles. The molecule has 0 radical (unpaired) electrons. The zero-order valence-corrected chi connectivity index (χ0v) is 16.3. The van der Waals surface area contributed by atoms with Crippen molar-refractivity contribution < 1.29 is 9.53 Å². The molecular weight excluding hydrogens is 366 g/mol. The van der Waals surface area contributed by atoms with Gasteiger partial charge in [-0.15, -0.1) is 0 Å². The minimum Gasteiger partial charge on any atom is -0.454 e. The molecular formula is C22H23N5O2. The Hall–Kier alpha value is -3.48. The molecule has 7 heteroatoms. The highest BCUT2D eigenvalue weighted by Crippen LogP contribution is 2.30. The number of hydrogen-bond donors (Lipinski definition) is 1. The number of anilines is 2. The van der Waals surface area contributed by atoms with E-state index < -0.39 is 0 Å². The van der Waals surface area contributed by atoms with Gasteiger partial charge in [0.15, 0.2) is 5.75 Å². The number of nitrogens with zero attached hydrogens (tertiary/aromatic N) is 4. The number of ether oxygens (including phenoxy) is 1. The van der Waals surface area contributed by atoms with Crippen LogP contribution in [0.2, 0.25) is 0 Å². The number of piperidine rings is 1. The first-order valence-electron chi connectivity index (χ1n) is 9.70. The van der Waals surface area contributed by atoms with Gasteiger partial charge in [0.25, 0.3) is 0 Å². The number of para-hydroxylation sites is 2. The molecule has 1 fully saturated rings. The van der Waals surface area contributed by atoms with E-state index in [1.165, 1.54) is 0 Å². The van der Waals surface area contributed by atoms with Crippen molar-refractivity contribution >= 4 is 17.4 Å². The fourth-order valence-corrected chi connectivity index (χ4v) is 3.44. The van der Waals surface area contributed by atoms with Gasteiger partial charge in [0.05, 0.1) is 17.8 Å². The lowest BCUT2D eigenvalue weighted by molar-refractivity contribution is -0.120. The van der Waals surface area contributed by atoms with Crippen molar-refractivity contribution in [1.29, 1.82) is 0 Å². The zero-order chi connectivity index (χ0) is 20.1. The van der Waals surface area contributed by atoms with Crippen LogP contribution in [-0.4, -0.2) is 33.9 Å². The van der Waals surface area contributed by atoms with Gasteiger partial charge in [-0.3, -0.25) is 9.78 Å². The average Bonchev–Trinajstić information content (AvgIpc) is 2.76. The van der Waals surface area contributed by atoms with Crippen LogP contribution < -0.4 is 15.0 Å². The van der Waals surface area contributed by atoms with E-state index >= 15 is 0 Å². The number of aromatic nitrogens is 3. The maximum atomic E-state index is 13.0. The smallest absolute Gasteiger partial charge is 0.229 e. The number of amides is 1. The Morgan fingerprint density at radius 1 is 1.21 bits per heavy atom. The summed E-state index contributed by atoms with van der Waals surface area (Å²) in [5.41, 5.74) is 1.57. The number of hydrogen-bond acceptors (Lipinski definition) is 6. The molecule has 0 saturated carbocycles. The third kappa shape index (κ3) is 4.68. The minimum atomic E-state index is -0.120. The van der Waals surface area contributed by atoms with Crippen molar-refractivity contribution in [2.24, 2.45) is 5.92 Å². The van der Waals surface area contributed by atoms with Gasteiger partial charge in [0.2, 0.25) is 5.91 Å². The molecule has 3 heterocycles. The topological polar surface area (TPSA) is 80.2 Å². The number of aryl methyl sites for hydroxylation is 1. The van der Waals surface area contributed by atoms with Crippen LogP contribution in [0.4, 0.5) is 11.5 Å². The van der Waals surface area contributed by atoms with Gasteiger partial charge in [-0.1, -0.05) is 12.1 Å². The lowest BCUT2D eigenvalue weighted by Gasteiger charge is -2.33. The van der Waals surface area contributed by atoms with Crippen LogP contribution in [0.25, 0.3) is 0 Å². The Morgan fingerprint density at radius 2 is 2.10 bits per heavy atom. The summed E-state index contributed by atoms with van der Waals surface area (Å²) in [5, 5.41) is 3.04. The number of carbonyl (C=O) groups excluding carboxylic acids is 1. The third-order valence-electron chi connectivity index (χ3n) is 4.91. The zero-order valence-electron chi connectivity index (χ0n) is 16.3. The second-order valence-electron chi connectivity index (χ2n) is 7.08. The Labute approximate surface area is 169 Å². The van der Waals surface area contributed by atoms with E-state index in [2.05, 4.69) is 25.2 Å². The maximum Gasteiger partial charge on any atom is 0.229 e. The Bertz CT molecular complexity index is 980. The van der Waals surface area contributed by atoms with Crippen LogP contribution in [-0.2, 0) is 4.79 Å². The molecule has 1 aliphatic rings. The molecule has 1 atom stereocenters. The van der Waals surface area contributed by atoms with Crippen molar-refractivity contribution in [3.8, 4) is 11.5 Å². The maximum absolute atomic E-state index is 13.0. The summed E-state index contributed by atoms with van der Waals surface area (Å²) in [6.07, 6.45) is 6.68. The molecule has 29 heavy (non-hydrogen) atoms. The molecule has 1 aromatic carbocycles. The molecule has 3 aromatic rings. The van der Waals surface area contributed by atoms with E-state index in [9.17, 15) is 4.79 Å². The van der Waals surface area contributed by atoms with E-state index in [4.69, 9.17) is 4.74 Å². The molecule has 1 saturated heterocycles. The second kappa shape index (κ2) is 8.68. The number of rotatable bonds is 5. The lowest BCUT2D eigenvalue weighted by Crippen LogP contribution is -2.41. The quantitative estimate of drug-likeness (QED) is 0.714.